The molecule has 9 aromatic carbocycles. The highest BCUT2D eigenvalue weighted by Crippen LogP contribution is 2.41. The fraction of sp³-hybridized carbons (Fsp3) is 0. The number of hydrogen-bond donors (Lipinski definition) is 0. The molecule has 0 bridgehead atoms. The van der Waals surface area contributed by atoms with Crippen LogP contribution in [-0.2, 0) is 0 Å². The van der Waals surface area contributed by atoms with Gasteiger partial charge >= 0.3 is 0 Å². The van der Waals surface area contributed by atoms with Crippen LogP contribution in [0.4, 0.5) is 0 Å². The van der Waals surface area contributed by atoms with Crippen LogP contribution in [-0.4, -0.2) is 0 Å². The van der Waals surface area contributed by atoms with Crippen molar-refractivity contribution < 1.29 is 0 Å². The number of fused-ring (bicyclic) bond motifs is 4. The van der Waals surface area contributed by atoms with E-state index in [1.54, 1.807) is 0 Å². The molecule has 262 valence electrons. The van der Waals surface area contributed by atoms with Crippen LogP contribution in [0.15, 0.2) is 206 Å². The molecule has 0 amide bonds. The lowest BCUT2D eigenvalue weighted by Gasteiger charge is -2.09. The second-order valence-electron chi connectivity index (χ2n) is 14.5. The molecule has 11 aromatic rings. The van der Waals surface area contributed by atoms with Gasteiger partial charge in [0, 0.05) is 19.2 Å². The van der Waals surface area contributed by atoms with Crippen molar-refractivity contribution in [1.82, 2.24) is 0 Å². The van der Waals surface area contributed by atoms with Crippen LogP contribution >= 0.6 is 22.7 Å². The predicted molar refractivity (Wildman–Crippen MR) is 245 cm³/mol. The molecule has 0 N–H and O–H groups in total. The Kier molecular flexibility index (Phi) is 7.98. The first-order chi connectivity index (χ1) is 27.7. The molecule has 0 aliphatic rings. The largest absolute Gasteiger partial charge is 0.135 e. The minimum Gasteiger partial charge on any atom is -0.135 e. The Hall–Kier alpha value is -6.58. The van der Waals surface area contributed by atoms with Crippen LogP contribution in [0.25, 0.3) is 107 Å². The topological polar surface area (TPSA) is 0 Å². The van der Waals surface area contributed by atoms with Crippen molar-refractivity contribution in [3.63, 3.8) is 0 Å². The second-order valence-corrected chi connectivity index (χ2v) is 16.7. The summed E-state index contributed by atoms with van der Waals surface area (Å²) in [5, 5.41) is 7.73. The van der Waals surface area contributed by atoms with Gasteiger partial charge in [0.15, 0.2) is 0 Å². The van der Waals surface area contributed by atoms with Gasteiger partial charge in [0.25, 0.3) is 0 Å². The van der Waals surface area contributed by atoms with Crippen molar-refractivity contribution in [3.8, 4) is 65.4 Å². The molecule has 0 spiro atoms. The van der Waals surface area contributed by atoms with Crippen LogP contribution in [0, 0.1) is 0 Å². The molecular formula is C54H34S2. The van der Waals surface area contributed by atoms with Crippen LogP contribution in [0.1, 0.15) is 0 Å². The first-order valence-electron chi connectivity index (χ1n) is 19.1. The lowest BCUT2D eigenvalue weighted by atomic mass is 9.96. The Bertz CT molecular complexity index is 2920. The van der Waals surface area contributed by atoms with Gasteiger partial charge in [0.05, 0.1) is 0 Å². The summed E-state index contributed by atoms with van der Waals surface area (Å²) in [4.78, 5) is 2.60. The Morgan fingerprint density at radius 2 is 0.554 bits per heavy atom. The average molecular weight is 747 g/mol. The minimum absolute atomic E-state index is 1.23. The zero-order valence-electron chi connectivity index (χ0n) is 30.4. The monoisotopic (exact) mass is 746 g/mol. The number of hydrogen-bond acceptors (Lipinski definition) is 2. The third-order valence-corrected chi connectivity index (χ3v) is 13.4. The molecule has 0 saturated carbocycles. The SMILES string of the molecule is c1ccc2c(-c3ccc(-c4ccc(-c5cc6cc7sc(-c8ccc(-c9ccc(-c%10cccc%11ccccc%10%11)cc9)cc8)cc7cc6s5)cc4)cc3)cccc2c1. The number of thiophene rings is 2. The van der Waals surface area contributed by atoms with Gasteiger partial charge < -0.3 is 0 Å². The Balaban J connectivity index is 0.805. The van der Waals surface area contributed by atoms with Gasteiger partial charge in [-0.1, -0.05) is 182 Å². The van der Waals surface area contributed by atoms with Gasteiger partial charge in [-0.05, 0) is 112 Å². The van der Waals surface area contributed by atoms with Gasteiger partial charge in [-0.2, -0.15) is 0 Å². The molecule has 0 aliphatic carbocycles. The van der Waals surface area contributed by atoms with Crippen LogP contribution in [0.5, 0.6) is 0 Å². The van der Waals surface area contributed by atoms with Crippen LogP contribution in [0.3, 0.4) is 0 Å². The van der Waals surface area contributed by atoms with Gasteiger partial charge in [-0.15, -0.1) is 22.7 Å². The summed E-state index contributed by atoms with van der Waals surface area (Å²) in [7, 11) is 0. The van der Waals surface area contributed by atoms with E-state index >= 15 is 0 Å². The second kappa shape index (κ2) is 13.6. The van der Waals surface area contributed by atoms with Gasteiger partial charge in [-0.3, -0.25) is 0 Å². The van der Waals surface area contributed by atoms with E-state index in [9.17, 15) is 0 Å². The van der Waals surface area contributed by atoms with Crippen LogP contribution < -0.4 is 0 Å². The standard InChI is InChI=1S/C54H34S2/c1-3-11-47-39(7-1)9-5-13-49(47)41-23-15-35(16-24-41)37-19-27-43(28-20-37)51-31-45-33-54-46(34-53(45)55-51)32-52(56-54)44-29-21-38(22-30-44)36-17-25-42(26-18-36)50-14-6-10-40-8-2-4-12-48(40)50/h1-34H. The molecule has 2 aromatic heterocycles. The van der Waals surface area contributed by atoms with E-state index in [1.165, 1.54) is 107 Å². The molecule has 2 heteroatoms. The maximum absolute atomic E-state index is 2.37. The van der Waals surface area contributed by atoms with Crippen molar-refractivity contribution in [2.24, 2.45) is 0 Å². The molecule has 0 nitrogen and oxygen atoms in total. The van der Waals surface area contributed by atoms with E-state index in [2.05, 4.69) is 206 Å². The molecule has 0 radical (unpaired) electrons. The average Bonchev–Trinajstić information content (AvgIpc) is 3.89. The highest BCUT2D eigenvalue weighted by molar-refractivity contribution is 7.23. The quantitative estimate of drug-likeness (QED) is 0.159. The lowest BCUT2D eigenvalue weighted by Crippen LogP contribution is -1.83. The molecule has 0 aliphatic heterocycles. The van der Waals surface area contributed by atoms with Crippen molar-refractivity contribution in [2.45, 2.75) is 0 Å². The highest BCUT2D eigenvalue weighted by atomic mass is 32.1. The van der Waals surface area contributed by atoms with Gasteiger partial charge in [0.1, 0.15) is 0 Å². The Labute approximate surface area is 334 Å². The molecular weight excluding hydrogens is 713 g/mol. The van der Waals surface area contributed by atoms with Crippen molar-refractivity contribution >= 4 is 64.4 Å². The van der Waals surface area contributed by atoms with E-state index in [0.29, 0.717) is 0 Å². The summed E-state index contributed by atoms with van der Waals surface area (Å²) >= 11 is 3.75. The van der Waals surface area contributed by atoms with E-state index in [1.807, 2.05) is 22.7 Å². The smallest absolute Gasteiger partial charge is 0.0356 e. The number of rotatable bonds is 6. The first-order valence-corrected chi connectivity index (χ1v) is 20.7. The zero-order valence-corrected chi connectivity index (χ0v) is 32.1. The third kappa shape index (κ3) is 5.92. The minimum atomic E-state index is 1.23. The Morgan fingerprint density at radius 3 is 0.946 bits per heavy atom. The van der Waals surface area contributed by atoms with Crippen LogP contribution in [0.2, 0.25) is 0 Å². The molecule has 0 saturated heterocycles. The van der Waals surface area contributed by atoms with Crippen molar-refractivity contribution in [2.75, 3.05) is 0 Å². The van der Waals surface area contributed by atoms with Crippen molar-refractivity contribution in [3.05, 3.63) is 206 Å². The zero-order chi connectivity index (χ0) is 37.0. The molecule has 11 rings (SSSR count). The Morgan fingerprint density at radius 1 is 0.232 bits per heavy atom. The maximum atomic E-state index is 2.37. The normalized spacial score (nSPS) is 11.6. The summed E-state index contributed by atoms with van der Waals surface area (Å²) in [6.07, 6.45) is 0. The number of benzene rings is 9. The highest BCUT2D eigenvalue weighted by Gasteiger charge is 2.12. The molecule has 2 heterocycles. The lowest BCUT2D eigenvalue weighted by molar-refractivity contribution is 1.60. The first kappa shape index (κ1) is 32.8. The van der Waals surface area contributed by atoms with E-state index in [0.717, 1.165) is 0 Å². The molecule has 0 atom stereocenters. The summed E-state index contributed by atoms with van der Waals surface area (Å²) in [5.74, 6) is 0. The maximum Gasteiger partial charge on any atom is 0.0356 e. The van der Waals surface area contributed by atoms with Gasteiger partial charge in [-0.25, -0.2) is 0 Å². The summed E-state index contributed by atoms with van der Waals surface area (Å²) < 4.78 is 2.65. The predicted octanol–water partition coefficient (Wildman–Crippen LogP) is 16.4. The van der Waals surface area contributed by atoms with E-state index in [4.69, 9.17) is 0 Å². The summed E-state index contributed by atoms with van der Waals surface area (Å²) in [5.41, 5.74) is 12.5. The fourth-order valence-corrected chi connectivity index (χ4v) is 10.3. The van der Waals surface area contributed by atoms with Crippen molar-refractivity contribution in [1.29, 1.82) is 0 Å². The summed E-state index contributed by atoms with van der Waals surface area (Å²) in [6.45, 7) is 0. The molecule has 0 fully saturated rings. The molecule has 56 heavy (non-hydrogen) atoms. The fourth-order valence-electron chi connectivity index (χ4n) is 8.15. The molecule has 0 unspecified atom stereocenters. The summed E-state index contributed by atoms with van der Waals surface area (Å²) in [6, 6.07) is 75.8. The van der Waals surface area contributed by atoms with E-state index < -0.39 is 0 Å². The van der Waals surface area contributed by atoms with Gasteiger partial charge in [0.2, 0.25) is 0 Å². The van der Waals surface area contributed by atoms with E-state index in [-0.39, 0.29) is 0 Å². The third-order valence-electron chi connectivity index (χ3n) is 11.1.